The molecule has 6 nitrogen and oxygen atoms in total. The molecule has 7 heteroatoms. The third-order valence-corrected chi connectivity index (χ3v) is 4.81. The van der Waals surface area contributed by atoms with Gasteiger partial charge in [0.25, 0.3) is 5.91 Å². The van der Waals surface area contributed by atoms with Gasteiger partial charge in [0.2, 0.25) is 0 Å². The normalized spacial score (nSPS) is 14.3. The molecule has 1 aliphatic heterocycles. The second-order valence-corrected chi connectivity index (χ2v) is 6.71. The van der Waals surface area contributed by atoms with E-state index in [-0.39, 0.29) is 5.91 Å². The number of aromatic nitrogens is 3. The summed E-state index contributed by atoms with van der Waals surface area (Å²) in [6.07, 6.45) is 1.74. The van der Waals surface area contributed by atoms with Gasteiger partial charge in [-0.25, -0.2) is 0 Å². The van der Waals surface area contributed by atoms with Crippen molar-refractivity contribution in [1.29, 1.82) is 0 Å². The Hall–Kier alpha value is -2.99. The number of carbonyl (C=O) groups is 1. The summed E-state index contributed by atoms with van der Waals surface area (Å²) in [5, 5.41) is 9.25. The van der Waals surface area contributed by atoms with Crippen molar-refractivity contribution in [2.45, 2.75) is 0 Å². The summed E-state index contributed by atoms with van der Waals surface area (Å²) in [5.41, 5.74) is 2.21. The third-order valence-electron chi connectivity index (χ3n) is 4.56. The zero-order valence-electron chi connectivity index (χ0n) is 14.6. The van der Waals surface area contributed by atoms with E-state index in [2.05, 4.69) is 20.1 Å². The van der Waals surface area contributed by atoms with Crippen molar-refractivity contribution in [2.24, 2.45) is 0 Å². The highest BCUT2D eigenvalue weighted by molar-refractivity contribution is 6.30. The van der Waals surface area contributed by atoms with Gasteiger partial charge in [-0.2, -0.15) is 0 Å². The molecule has 0 radical (unpaired) electrons. The number of pyridine rings is 1. The number of hydrogen-bond acceptors (Lipinski definition) is 5. The summed E-state index contributed by atoms with van der Waals surface area (Å²) >= 11 is 5.89. The van der Waals surface area contributed by atoms with Gasteiger partial charge >= 0.3 is 0 Å². The van der Waals surface area contributed by atoms with E-state index in [0.717, 1.165) is 30.3 Å². The molecule has 0 atom stereocenters. The lowest BCUT2D eigenvalue weighted by atomic mass is 10.2. The van der Waals surface area contributed by atoms with Crippen molar-refractivity contribution >= 4 is 23.3 Å². The predicted molar refractivity (Wildman–Crippen MR) is 105 cm³/mol. The van der Waals surface area contributed by atoms with E-state index < -0.39 is 0 Å². The molecule has 0 aliphatic carbocycles. The number of piperazine rings is 1. The van der Waals surface area contributed by atoms with Crippen LogP contribution in [0, 0.1) is 0 Å². The number of amides is 1. The number of carbonyl (C=O) groups excluding carboxylic acids is 1. The first-order valence-electron chi connectivity index (χ1n) is 8.75. The van der Waals surface area contributed by atoms with Gasteiger partial charge in [0, 0.05) is 43.0 Å². The van der Waals surface area contributed by atoms with Crippen LogP contribution in [0.2, 0.25) is 5.02 Å². The van der Waals surface area contributed by atoms with E-state index in [0.29, 0.717) is 23.7 Å². The first-order chi connectivity index (χ1) is 13.2. The minimum atomic E-state index is 0.0305. The number of hydrogen-bond donors (Lipinski definition) is 0. The number of rotatable bonds is 3. The summed E-state index contributed by atoms with van der Waals surface area (Å²) in [7, 11) is 0. The molecule has 0 bridgehead atoms. The van der Waals surface area contributed by atoms with Crippen LogP contribution >= 0.6 is 11.6 Å². The molecule has 1 saturated heterocycles. The Labute approximate surface area is 162 Å². The number of nitrogens with zero attached hydrogens (tertiary/aromatic N) is 5. The van der Waals surface area contributed by atoms with Crippen molar-refractivity contribution in [3.8, 4) is 11.4 Å². The van der Waals surface area contributed by atoms with Gasteiger partial charge in [-0.1, -0.05) is 17.7 Å². The van der Waals surface area contributed by atoms with E-state index >= 15 is 0 Å². The van der Waals surface area contributed by atoms with Crippen LogP contribution in [-0.2, 0) is 0 Å². The smallest absolute Gasteiger partial charge is 0.253 e. The van der Waals surface area contributed by atoms with E-state index in [1.54, 1.807) is 30.5 Å². The SMILES string of the molecule is O=C(c1ccc(Cl)cc1)N1CCN(c2ccc(-c3ccccn3)nn2)CC1. The summed E-state index contributed by atoms with van der Waals surface area (Å²) in [5.74, 6) is 0.844. The Kier molecular flexibility index (Phi) is 4.98. The first kappa shape index (κ1) is 17.4. The maximum atomic E-state index is 12.6. The first-order valence-corrected chi connectivity index (χ1v) is 9.13. The van der Waals surface area contributed by atoms with Gasteiger partial charge < -0.3 is 9.80 Å². The van der Waals surface area contributed by atoms with Gasteiger partial charge in [0.15, 0.2) is 5.82 Å². The van der Waals surface area contributed by atoms with Crippen LogP contribution < -0.4 is 4.90 Å². The molecular weight excluding hydrogens is 362 g/mol. The second-order valence-electron chi connectivity index (χ2n) is 6.28. The van der Waals surface area contributed by atoms with Crippen LogP contribution in [0.1, 0.15) is 10.4 Å². The molecule has 3 aromatic rings. The maximum absolute atomic E-state index is 12.6. The average Bonchev–Trinajstić information content (AvgIpc) is 2.75. The minimum absolute atomic E-state index is 0.0305. The lowest BCUT2D eigenvalue weighted by Gasteiger charge is -2.35. The van der Waals surface area contributed by atoms with Gasteiger partial charge in [-0.15, -0.1) is 10.2 Å². The fourth-order valence-electron chi connectivity index (χ4n) is 3.06. The van der Waals surface area contributed by atoms with Gasteiger partial charge in [-0.05, 0) is 48.5 Å². The molecule has 0 unspecified atom stereocenters. The molecule has 1 fully saturated rings. The van der Waals surface area contributed by atoms with Crippen molar-refractivity contribution in [2.75, 3.05) is 31.1 Å². The predicted octanol–water partition coefficient (Wildman–Crippen LogP) is 3.15. The average molecular weight is 380 g/mol. The van der Waals surface area contributed by atoms with Crippen LogP contribution in [0.5, 0.6) is 0 Å². The Balaban J connectivity index is 1.39. The van der Waals surface area contributed by atoms with Crippen molar-refractivity contribution < 1.29 is 4.79 Å². The molecule has 3 heterocycles. The molecular formula is C20H18ClN5O. The summed E-state index contributed by atoms with van der Waals surface area (Å²) in [6, 6.07) is 16.6. The van der Waals surface area contributed by atoms with E-state index in [1.165, 1.54) is 0 Å². The number of anilines is 1. The van der Waals surface area contributed by atoms with Gasteiger partial charge in [0.1, 0.15) is 5.69 Å². The van der Waals surface area contributed by atoms with Crippen LogP contribution in [-0.4, -0.2) is 52.2 Å². The zero-order chi connectivity index (χ0) is 18.6. The van der Waals surface area contributed by atoms with Gasteiger partial charge in [0.05, 0.1) is 5.69 Å². The Morgan fingerprint density at radius 1 is 0.852 bits per heavy atom. The van der Waals surface area contributed by atoms with E-state index in [4.69, 9.17) is 11.6 Å². The maximum Gasteiger partial charge on any atom is 0.253 e. The highest BCUT2D eigenvalue weighted by Crippen LogP contribution is 2.18. The monoisotopic (exact) mass is 379 g/mol. The third kappa shape index (κ3) is 3.90. The van der Waals surface area contributed by atoms with Crippen molar-refractivity contribution in [3.05, 3.63) is 71.4 Å². The molecule has 27 heavy (non-hydrogen) atoms. The molecule has 0 saturated carbocycles. The van der Waals surface area contributed by atoms with Crippen LogP contribution in [0.3, 0.4) is 0 Å². The number of halogens is 1. The summed E-state index contributed by atoms with van der Waals surface area (Å²) < 4.78 is 0. The fraction of sp³-hybridized carbons (Fsp3) is 0.200. The molecule has 0 N–H and O–H groups in total. The quantitative estimate of drug-likeness (QED) is 0.699. The van der Waals surface area contributed by atoms with Crippen molar-refractivity contribution in [3.63, 3.8) is 0 Å². The molecule has 1 aromatic carbocycles. The topological polar surface area (TPSA) is 62.2 Å². The zero-order valence-corrected chi connectivity index (χ0v) is 15.4. The Bertz CT molecular complexity index is 907. The van der Waals surface area contributed by atoms with Crippen LogP contribution in [0.15, 0.2) is 60.8 Å². The van der Waals surface area contributed by atoms with E-state index in [9.17, 15) is 4.79 Å². The lowest BCUT2D eigenvalue weighted by Crippen LogP contribution is -2.49. The molecule has 4 rings (SSSR count). The summed E-state index contributed by atoms with van der Waals surface area (Å²) in [6.45, 7) is 2.73. The number of benzene rings is 1. The lowest BCUT2D eigenvalue weighted by molar-refractivity contribution is 0.0746. The minimum Gasteiger partial charge on any atom is -0.352 e. The molecule has 136 valence electrons. The highest BCUT2D eigenvalue weighted by Gasteiger charge is 2.23. The molecule has 1 aliphatic rings. The largest absolute Gasteiger partial charge is 0.352 e. The van der Waals surface area contributed by atoms with Gasteiger partial charge in [-0.3, -0.25) is 9.78 Å². The fourth-order valence-corrected chi connectivity index (χ4v) is 3.18. The second kappa shape index (κ2) is 7.72. The molecule has 2 aromatic heterocycles. The standard InChI is InChI=1S/C20H18ClN5O/c21-16-6-4-15(5-7-16)20(27)26-13-11-25(12-14-26)19-9-8-18(23-24-19)17-3-1-2-10-22-17/h1-10H,11-14H2. The molecule has 0 spiro atoms. The van der Waals surface area contributed by atoms with E-state index in [1.807, 2.05) is 35.2 Å². The Morgan fingerprint density at radius 3 is 2.26 bits per heavy atom. The molecule has 1 amide bonds. The van der Waals surface area contributed by atoms with Crippen LogP contribution in [0.25, 0.3) is 11.4 Å². The van der Waals surface area contributed by atoms with Crippen molar-refractivity contribution in [1.82, 2.24) is 20.1 Å². The highest BCUT2D eigenvalue weighted by atomic mass is 35.5. The van der Waals surface area contributed by atoms with Crippen LogP contribution in [0.4, 0.5) is 5.82 Å². The summed E-state index contributed by atoms with van der Waals surface area (Å²) in [4.78, 5) is 20.9. The Morgan fingerprint density at radius 2 is 1.63 bits per heavy atom.